The van der Waals surface area contributed by atoms with E-state index in [2.05, 4.69) is 33.5 Å². The minimum absolute atomic E-state index is 0.547. The first kappa shape index (κ1) is 13.8. The lowest BCUT2D eigenvalue weighted by Gasteiger charge is -2.37. The second-order valence-corrected chi connectivity index (χ2v) is 7.34. The molecule has 3 heterocycles. The predicted octanol–water partition coefficient (Wildman–Crippen LogP) is 3.78. The molecule has 2 aromatic rings. The molecule has 4 nitrogen and oxygen atoms in total. The fraction of sp³-hybridized carbons (Fsp3) is 0.571. The molecule has 2 unspecified atom stereocenters. The van der Waals surface area contributed by atoms with Crippen molar-refractivity contribution in [1.82, 2.24) is 9.36 Å². The van der Waals surface area contributed by atoms with Crippen LogP contribution in [0.25, 0.3) is 10.6 Å². The highest BCUT2D eigenvalue weighted by atomic mass is 32.1. The number of anilines is 2. The third kappa shape index (κ3) is 2.42. The zero-order valence-electron chi connectivity index (χ0n) is 12.1. The summed E-state index contributed by atoms with van der Waals surface area (Å²) in [4.78, 5) is 7.06. The van der Waals surface area contributed by atoms with E-state index in [1.165, 1.54) is 29.4 Å². The molecule has 0 amide bonds. The first-order valence-corrected chi connectivity index (χ1v) is 8.66. The summed E-state index contributed by atoms with van der Waals surface area (Å²) in [7, 11) is 0. The van der Waals surface area contributed by atoms with Crippen molar-refractivity contribution in [3.63, 3.8) is 0 Å². The SMILES string of the molecule is Cc1csc(-c2c(N)nsc2N2CC(C)CCC2C)n1. The van der Waals surface area contributed by atoms with Crippen molar-refractivity contribution in [2.45, 2.75) is 39.7 Å². The molecule has 0 aromatic carbocycles. The summed E-state index contributed by atoms with van der Waals surface area (Å²) in [5.74, 6) is 1.34. The zero-order valence-corrected chi connectivity index (χ0v) is 13.7. The van der Waals surface area contributed by atoms with Gasteiger partial charge in [0.2, 0.25) is 0 Å². The van der Waals surface area contributed by atoms with E-state index in [1.807, 2.05) is 6.92 Å². The van der Waals surface area contributed by atoms with E-state index in [1.54, 1.807) is 11.3 Å². The summed E-state index contributed by atoms with van der Waals surface area (Å²) in [5, 5.41) is 4.25. The summed E-state index contributed by atoms with van der Waals surface area (Å²) in [6, 6.07) is 0.547. The molecule has 0 saturated carbocycles. The molecule has 108 valence electrons. The van der Waals surface area contributed by atoms with Gasteiger partial charge < -0.3 is 10.6 Å². The molecule has 0 spiro atoms. The van der Waals surface area contributed by atoms with Crippen LogP contribution >= 0.6 is 22.9 Å². The summed E-state index contributed by atoms with van der Waals surface area (Å²) < 4.78 is 4.38. The lowest BCUT2D eigenvalue weighted by atomic mass is 9.95. The fourth-order valence-corrected chi connectivity index (χ4v) is 4.57. The first-order valence-electron chi connectivity index (χ1n) is 7.00. The number of nitrogens with two attached hydrogens (primary N) is 1. The van der Waals surface area contributed by atoms with Crippen molar-refractivity contribution >= 4 is 33.7 Å². The Kier molecular flexibility index (Phi) is 3.69. The Morgan fingerprint density at radius 3 is 2.85 bits per heavy atom. The standard InChI is InChI=1S/C14H20N4S2/c1-8-4-5-10(3)18(6-8)14-11(12(15)17-20-14)13-16-9(2)7-19-13/h7-8,10H,4-6H2,1-3H3,(H2,15,17). The van der Waals surface area contributed by atoms with Gasteiger partial charge in [-0.1, -0.05) is 6.92 Å². The van der Waals surface area contributed by atoms with Gasteiger partial charge in [0.05, 0.1) is 5.56 Å². The molecule has 0 aliphatic carbocycles. The zero-order chi connectivity index (χ0) is 14.3. The van der Waals surface area contributed by atoms with Crippen LogP contribution in [0.3, 0.4) is 0 Å². The molecule has 0 bridgehead atoms. The summed E-state index contributed by atoms with van der Waals surface area (Å²) in [5.41, 5.74) is 8.19. The van der Waals surface area contributed by atoms with Crippen LogP contribution in [0.1, 0.15) is 32.4 Å². The highest BCUT2D eigenvalue weighted by Crippen LogP contribution is 2.43. The Morgan fingerprint density at radius 1 is 1.35 bits per heavy atom. The van der Waals surface area contributed by atoms with Gasteiger partial charge in [-0.3, -0.25) is 0 Å². The number of nitrogens with zero attached hydrogens (tertiary/aromatic N) is 3. The highest BCUT2D eigenvalue weighted by molar-refractivity contribution is 7.15. The maximum atomic E-state index is 6.11. The Bertz CT molecular complexity index is 604. The Labute approximate surface area is 127 Å². The van der Waals surface area contributed by atoms with E-state index in [0.717, 1.165) is 28.7 Å². The predicted molar refractivity (Wildman–Crippen MR) is 87.6 cm³/mol. The minimum Gasteiger partial charge on any atom is -0.382 e. The molecular formula is C14H20N4S2. The van der Waals surface area contributed by atoms with Crippen molar-refractivity contribution in [1.29, 1.82) is 0 Å². The first-order chi connectivity index (χ1) is 9.56. The molecule has 1 aliphatic rings. The molecule has 20 heavy (non-hydrogen) atoms. The molecule has 3 rings (SSSR count). The van der Waals surface area contributed by atoms with Crippen LogP contribution in [0, 0.1) is 12.8 Å². The molecular weight excluding hydrogens is 288 g/mol. The van der Waals surface area contributed by atoms with Crippen LogP contribution in [0.4, 0.5) is 10.8 Å². The third-order valence-corrected chi connectivity index (χ3v) is 5.79. The topological polar surface area (TPSA) is 55.0 Å². The average Bonchev–Trinajstić information content (AvgIpc) is 2.98. The van der Waals surface area contributed by atoms with Crippen LogP contribution in [0.15, 0.2) is 5.38 Å². The van der Waals surface area contributed by atoms with Crippen LogP contribution in [0.5, 0.6) is 0 Å². The van der Waals surface area contributed by atoms with Gasteiger partial charge in [-0.2, -0.15) is 4.37 Å². The van der Waals surface area contributed by atoms with Crippen molar-refractivity contribution in [3.8, 4) is 10.6 Å². The Balaban J connectivity index is 2.02. The molecule has 1 fully saturated rings. The van der Waals surface area contributed by atoms with E-state index >= 15 is 0 Å². The average molecular weight is 308 g/mol. The lowest BCUT2D eigenvalue weighted by molar-refractivity contribution is 0.392. The summed E-state index contributed by atoms with van der Waals surface area (Å²) in [6.07, 6.45) is 2.53. The van der Waals surface area contributed by atoms with Gasteiger partial charge >= 0.3 is 0 Å². The lowest BCUT2D eigenvalue weighted by Crippen LogP contribution is -2.40. The maximum absolute atomic E-state index is 6.11. The van der Waals surface area contributed by atoms with Crippen LogP contribution in [-0.2, 0) is 0 Å². The molecule has 0 radical (unpaired) electrons. The second-order valence-electron chi connectivity index (χ2n) is 5.73. The number of nitrogen functional groups attached to an aromatic ring is 1. The van der Waals surface area contributed by atoms with Gasteiger partial charge in [0.25, 0.3) is 0 Å². The molecule has 1 saturated heterocycles. The van der Waals surface area contributed by atoms with E-state index in [9.17, 15) is 0 Å². The van der Waals surface area contributed by atoms with Gasteiger partial charge in [0, 0.05) is 23.7 Å². The summed E-state index contributed by atoms with van der Waals surface area (Å²) >= 11 is 3.16. The Morgan fingerprint density at radius 2 is 2.15 bits per heavy atom. The second kappa shape index (κ2) is 5.33. The number of rotatable bonds is 2. The van der Waals surface area contributed by atoms with Crippen LogP contribution in [0.2, 0.25) is 0 Å². The molecule has 2 aromatic heterocycles. The molecule has 2 atom stereocenters. The highest BCUT2D eigenvalue weighted by Gasteiger charge is 2.28. The van der Waals surface area contributed by atoms with Crippen molar-refractivity contribution < 1.29 is 0 Å². The van der Waals surface area contributed by atoms with Crippen molar-refractivity contribution in [2.24, 2.45) is 5.92 Å². The fourth-order valence-electron chi connectivity index (χ4n) is 2.73. The van der Waals surface area contributed by atoms with Crippen molar-refractivity contribution in [3.05, 3.63) is 11.1 Å². The third-order valence-electron chi connectivity index (χ3n) is 3.91. The molecule has 2 N–H and O–H groups in total. The van der Waals surface area contributed by atoms with Crippen molar-refractivity contribution in [2.75, 3.05) is 17.2 Å². The maximum Gasteiger partial charge on any atom is 0.149 e. The monoisotopic (exact) mass is 308 g/mol. The molecule has 1 aliphatic heterocycles. The summed E-state index contributed by atoms with van der Waals surface area (Å²) in [6.45, 7) is 7.70. The minimum atomic E-state index is 0.547. The molecule has 6 heteroatoms. The Hall–Kier alpha value is -1.14. The van der Waals surface area contributed by atoms with Gasteiger partial charge in [0.15, 0.2) is 0 Å². The number of aromatic nitrogens is 2. The number of piperidine rings is 1. The number of thiazole rings is 1. The van der Waals surface area contributed by atoms with Crippen LogP contribution in [-0.4, -0.2) is 21.9 Å². The number of aryl methyl sites for hydroxylation is 1. The number of hydrogen-bond donors (Lipinski definition) is 1. The van der Waals surface area contributed by atoms with Gasteiger partial charge in [-0.15, -0.1) is 11.3 Å². The van der Waals surface area contributed by atoms with E-state index in [-0.39, 0.29) is 0 Å². The van der Waals surface area contributed by atoms with E-state index < -0.39 is 0 Å². The van der Waals surface area contributed by atoms with Crippen LogP contribution < -0.4 is 10.6 Å². The van der Waals surface area contributed by atoms with E-state index in [0.29, 0.717) is 11.9 Å². The number of hydrogen-bond acceptors (Lipinski definition) is 6. The smallest absolute Gasteiger partial charge is 0.149 e. The van der Waals surface area contributed by atoms with Gasteiger partial charge in [-0.25, -0.2) is 4.98 Å². The normalized spacial score (nSPS) is 23.2. The van der Waals surface area contributed by atoms with Gasteiger partial charge in [-0.05, 0) is 44.1 Å². The largest absolute Gasteiger partial charge is 0.382 e. The quantitative estimate of drug-likeness (QED) is 0.917. The van der Waals surface area contributed by atoms with Gasteiger partial charge in [0.1, 0.15) is 15.8 Å². The van der Waals surface area contributed by atoms with E-state index in [4.69, 9.17) is 5.73 Å².